The molecule has 2 saturated heterocycles. The van der Waals surface area contributed by atoms with Gasteiger partial charge < -0.3 is 9.64 Å². The summed E-state index contributed by atoms with van der Waals surface area (Å²) >= 11 is 0. The van der Waals surface area contributed by atoms with Crippen LogP contribution in [0.25, 0.3) is 10.9 Å². The molecule has 2 aromatic heterocycles. The second-order valence-electron chi connectivity index (χ2n) is 8.16. The highest BCUT2D eigenvalue weighted by molar-refractivity contribution is 5.95. The number of ether oxygens (including phenoxy) is 1. The second-order valence-corrected chi connectivity index (χ2v) is 8.16. The Hall–Kier alpha value is -2.77. The van der Waals surface area contributed by atoms with Gasteiger partial charge in [-0.2, -0.15) is 5.10 Å². The summed E-state index contributed by atoms with van der Waals surface area (Å²) in [7, 11) is 0. The topological polar surface area (TPSA) is 74.4 Å². The van der Waals surface area contributed by atoms with Gasteiger partial charge in [0.25, 0.3) is 5.91 Å². The lowest BCUT2D eigenvalue weighted by Gasteiger charge is -2.33. The minimum Gasteiger partial charge on any atom is -0.378 e. The number of aromatic amines is 1. The van der Waals surface area contributed by atoms with Crippen LogP contribution in [0, 0.1) is 0 Å². The number of amides is 1. The van der Waals surface area contributed by atoms with Gasteiger partial charge in [0, 0.05) is 43.7 Å². The van der Waals surface area contributed by atoms with E-state index in [1.165, 1.54) is 10.9 Å². The fourth-order valence-electron chi connectivity index (χ4n) is 4.68. The van der Waals surface area contributed by atoms with Gasteiger partial charge in [-0.3, -0.25) is 19.8 Å². The molecule has 0 aliphatic carbocycles. The van der Waals surface area contributed by atoms with E-state index in [2.05, 4.69) is 44.3 Å². The lowest BCUT2D eigenvalue weighted by molar-refractivity contribution is 0.0301. The lowest BCUT2D eigenvalue weighted by atomic mass is 9.91. The van der Waals surface area contributed by atoms with Gasteiger partial charge in [0.05, 0.1) is 36.2 Å². The summed E-state index contributed by atoms with van der Waals surface area (Å²) in [4.78, 5) is 21.9. The molecule has 0 unspecified atom stereocenters. The Bertz CT molecular complexity index is 1020. The Kier molecular flexibility index (Phi) is 5.46. The summed E-state index contributed by atoms with van der Waals surface area (Å²) in [5.74, 6) is 0.355. The van der Waals surface area contributed by atoms with E-state index in [9.17, 15) is 4.79 Å². The van der Waals surface area contributed by atoms with Gasteiger partial charge in [0.1, 0.15) is 0 Å². The third kappa shape index (κ3) is 3.82. The molecule has 5 rings (SSSR count). The highest BCUT2D eigenvalue weighted by Crippen LogP contribution is 2.30. The quantitative estimate of drug-likeness (QED) is 0.723. The van der Waals surface area contributed by atoms with E-state index in [4.69, 9.17) is 4.74 Å². The number of morpholine rings is 1. The number of hydrogen-bond donors (Lipinski definition) is 1. The number of benzene rings is 1. The number of pyridine rings is 1. The molecule has 0 saturated carbocycles. The number of para-hydroxylation sites is 1. The number of piperidine rings is 1. The number of carbonyl (C=O) groups excluding carboxylic acids is 1. The van der Waals surface area contributed by atoms with E-state index in [0.29, 0.717) is 26.3 Å². The Morgan fingerprint density at radius 2 is 2.03 bits per heavy atom. The van der Waals surface area contributed by atoms with Gasteiger partial charge in [0.2, 0.25) is 0 Å². The van der Waals surface area contributed by atoms with Crippen LogP contribution in [0.4, 0.5) is 0 Å². The molecule has 30 heavy (non-hydrogen) atoms. The largest absolute Gasteiger partial charge is 0.378 e. The number of rotatable bonds is 4. The number of likely N-dealkylation sites (tertiary alicyclic amines) is 1. The van der Waals surface area contributed by atoms with Crippen LogP contribution < -0.4 is 0 Å². The molecule has 2 aliphatic rings. The summed E-state index contributed by atoms with van der Waals surface area (Å²) in [5.41, 5.74) is 4.04. The molecule has 1 atom stereocenters. The van der Waals surface area contributed by atoms with Crippen molar-refractivity contribution >= 4 is 16.8 Å². The van der Waals surface area contributed by atoms with Gasteiger partial charge in [-0.05, 0) is 37.1 Å². The van der Waals surface area contributed by atoms with Crippen LogP contribution in [0.3, 0.4) is 0 Å². The molecule has 0 spiro atoms. The van der Waals surface area contributed by atoms with E-state index in [0.717, 1.165) is 49.2 Å². The maximum absolute atomic E-state index is 13.0. The first-order chi connectivity index (χ1) is 14.8. The first kappa shape index (κ1) is 19.2. The Morgan fingerprint density at radius 3 is 2.93 bits per heavy atom. The number of carbonyl (C=O) groups is 1. The standard InChI is InChI=1S/C23H27N5O2/c29-23(28-10-12-30-13-11-28)20-14-25-26-22(20)18-4-3-9-27(16-18)15-17-7-8-24-21-6-2-1-5-19(17)21/h1-2,5-8,14,18H,3-4,9-13,15-16H2,(H,25,26)/t18-/m1/s1. The molecule has 2 aliphatic heterocycles. The highest BCUT2D eigenvalue weighted by atomic mass is 16.5. The Balaban J connectivity index is 1.33. The summed E-state index contributed by atoms with van der Waals surface area (Å²) in [5, 5.41) is 8.59. The van der Waals surface area contributed by atoms with Crippen LogP contribution in [0.5, 0.6) is 0 Å². The van der Waals surface area contributed by atoms with Crippen LogP contribution in [-0.4, -0.2) is 70.3 Å². The summed E-state index contributed by atoms with van der Waals surface area (Å²) < 4.78 is 5.39. The number of fused-ring (bicyclic) bond motifs is 1. The van der Waals surface area contributed by atoms with Crippen molar-refractivity contribution in [2.45, 2.75) is 25.3 Å². The number of nitrogens with zero attached hydrogens (tertiary/aromatic N) is 4. The molecule has 2 fully saturated rings. The minimum absolute atomic E-state index is 0.0688. The molecule has 156 valence electrons. The zero-order chi connectivity index (χ0) is 20.3. The summed E-state index contributed by atoms with van der Waals surface area (Å²) in [6, 6.07) is 10.4. The van der Waals surface area contributed by atoms with Gasteiger partial charge in [0.15, 0.2) is 0 Å². The number of H-pyrrole nitrogens is 1. The predicted molar refractivity (Wildman–Crippen MR) is 114 cm³/mol. The molecule has 0 radical (unpaired) electrons. The average Bonchev–Trinajstić information content (AvgIpc) is 3.30. The van der Waals surface area contributed by atoms with E-state index >= 15 is 0 Å². The van der Waals surface area contributed by atoms with E-state index < -0.39 is 0 Å². The molecule has 3 aromatic rings. The van der Waals surface area contributed by atoms with Crippen LogP contribution in [-0.2, 0) is 11.3 Å². The van der Waals surface area contributed by atoms with Gasteiger partial charge >= 0.3 is 0 Å². The van der Waals surface area contributed by atoms with Crippen LogP contribution >= 0.6 is 0 Å². The smallest absolute Gasteiger partial charge is 0.257 e. The first-order valence-electron chi connectivity index (χ1n) is 10.7. The Labute approximate surface area is 176 Å². The third-order valence-electron chi connectivity index (χ3n) is 6.24. The monoisotopic (exact) mass is 405 g/mol. The molecule has 4 heterocycles. The van der Waals surface area contributed by atoms with Crippen molar-refractivity contribution in [1.29, 1.82) is 0 Å². The SMILES string of the molecule is O=C(c1cn[nH]c1[C@@H]1CCCN(Cc2ccnc3ccccc23)C1)N1CCOCC1. The molecular weight excluding hydrogens is 378 g/mol. The average molecular weight is 406 g/mol. The summed E-state index contributed by atoms with van der Waals surface area (Å²) in [6.45, 7) is 5.38. The molecule has 0 bridgehead atoms. The van der Waals surface area contributed by atoms with Crippen LogP contribution in [0.2, 0.25) is 0 Å². The second kappa shape index (κ2) is 8.53. The van der Waals surface area contributed by atoms with Gasteiger partial charge in [-0.25, -0.2) is 0 Å². The van der Waals surface area contributed by atoms with Gasteiger partial charge in [-0.1, -0.05) is 18.2 Å². The fraction of sp³-hybridized carbons (Fsp3) is 0.435. The zero-order valence-electron chi connectivity index (χ0n) is 17.1. The van der Waals surface area contributed by atoms with Crippen molar-refractivity contribution in [1.82, 2.24) is 25.0 Å². The summed E-state index contributed by atoms with van der Waals surface area (Å²) in [6.07, 6.45) is 5.77. The molecule has 1 N–H and O–H groups in total. The Morgan fingerprint density at radius 1 is 1.17 bits per heavy atom. The number of aromatic nitrogens is 3. The van der Waals surface area contributed by atoms with Gasteiger partial charge in [-0.15, -0.1) is 0 Å². The molecule has 1 amide bonds. The first-order valence-corrected chi connectivity index (χ1v) is 10.7. The van der Waals surface area contributed by atoms with Crippen LogP contribution in [0.15, 0.2) is 42.7 Å². The molecule has 7 heteroatoms. The minimum atomic E-state index is 0.0688. The van der Waals surface area contributed by atoms with Crippen molar-refractivity contribution in [3.05, 3.63) is 59.5 Å². The van der Waals surface area contributed by atoms with Crippen molar-refractivity contribution in [2.75, 3.05) is 39.4 Å². The normalized spacial score (nSPS) is 20.5. The molecule has 7 nitrogen and oxygen atoms in total. The van der Waals surface area contributed by atoms with Crippen molar-refractivity contribution < 1.29 is 9.53 Å². The predicted octanol–water partition coefficient (Wildman–Crippen LogP) is 2.81. The van der Waals surface area contributed by atoms with Crippen LogP contribution in [0.1, 0.15) is 40.4 Å². The molecule has 1 aromatic carbocycles. The number of hydrogen-bond acceptors (Lipinski definition) is 5. The lowest BCUT2D eigenvalue weighted by Crippen LogP contribution is -2.41. The highest BCUT2D eigenvalue weighted by Gasteiger charge is 2.29. The zero-order valence-corrected chi connectivity index (χ0v) is 17.1. The van der Waals surface area contributed by atoms with Crippen molar-refractivity contribution in [3.8, 4) is 0 Å². The van der Waals surface area contributed by atoms with Crippen molar-refractivity contribution in [2.24, 2.45) is 0 Å². The fourth-order valence-corrected chi connectivity index (χ4v) is 4.68. The maximum Gasteiger partial charge on any atom is 0.257 e. The number of nitrogens with one attached hydrogen (secondary N) is 1. The molecular formula is C23H27N5O2. The van der Waals surface area contributed by atoms with E-state index in [1.54, 1.807) is 6.20 Å². The third-order valence-corrected chi connectivity index (χ3v) is 6.24. The van der Waals surface area contributed by atoms with Crippen molar-refractivity contribution in [3.63, 3.8) is 0 Å². The maximum atomic E-state index is 13.0. The van der Waals surface area contributed by atoms with E-state index in [1.807, 2.05) is 17.2 Å². The van der Waals surface area contributed by atoms with E-state index in [-0.39, 0.29) is 11.8 Å².